The molecule has 0 bridgehead atoms. The molecule has 1 rings (SSSR count). The molecule has 0 radical (unpaired) electrons. The van der Waals surface area contributed by atoms with Crippen LogP contribution in [0.4, 0.5) is 0 Å². The zero-order chi connectivity index (χ0) is 7.40. The van der Waals surface area contributed by atoms with Gasteiger partial charge in [-0.3, -0.25) is 10.1 Å². The summed E-state index contributed by atoms with van der Waals surface area (Å²) in [5.74, 6) is 2.04. The van der Waals surface area contributed by atoms with Crippen molar-refractivity contribution in [1.82, 2.24) is 0 Å². The fraction of sp³-hybridized carbons (Fsp3) is 0.600. The molecule has 1 aliphatic rings. The summed E-state index contributed by atoms with van der Waals surface area (Å²) in [7, 11) is 0. The van der Waals surface area contributed by atoms with Crippen molar-refractivity contribution in [3.05, 3.63) is 20.6 Å². The van der Waals surface area contributed by atoms with Gasteiger partial charge in [-0.05, 0) is 17.9 Å². The van der Waals surface area contributed by atoms with Crippen LogP contribution in [0.1, 0.15) is 6.42 Å². The monoisotopic (exact) mass is 177 g/mol. The van der Waals surface area contributed by atoms with Crippen molar-refractivity contribution in [2.45, 2.75) is 6.42 Å². The van der Waals surface area contributed by atoms with Crippen LogP contribution < -0.4 is 0 Å². The molecule has 0 saturated carbocycles. The highest BCUT2D eigenvalue weighted by Gasteiger charge is 2.09. The van der Waals surface area contributed by atoms with Crippen LogP contribution in [0.3, 0.4) is 0 Å². The Morgan fingerprint density at radius 3 is 2.60 bits per heavy atom. The molecule has 3 nitrogen and oxygen atoms in total. The summed E-state index contributed by atoms with van der Waals surface area (Å²) in [6.07, 6.45) is 2.25. The molecule has 0 amide bonds. The van der Waals surface area contributed by atoms with E-state index in [-0.39, 0.29) is 4.92 Å². The minimum Gasteiger partial charge on any atom is -0.259 e. The zero-order valence-electron chi connectivity index (χ0n) is 5.28. The normalized spacial score (nSPS) is 18.6. The van der Waals surface area contributed by atoms with E-state index in [0.29, 0.717) is 0 Å². The van der Waals surface area contributed by atoms with Crippen LogP contribution in [0, 0.1) is 10.1 Å². The Bertz CT molecular complexity index is 161. The SMILES string of the molecule is O=[N+]([O-])C=C1SCCCS1. The molecule has 0 unspecified atom stereocenters. The molecular formula is C5H7NO2S2. The maximum absolute atomic E-state index is 9.97. The van der Waals surface area contributed by atoms with Gasteiger partial charge >= 0.3 is 0 Å². The minimum absolute atomic E-state index is 0.388. The van der Waals surface area contributed by atoms with Gasteiger partial charge in [0.15, 0.2) is 0 Å². The maximum atomic E-state index is 9.97. The Morgan fingerprint density at radius 2 is 2.10 bits per heavy atom. The highest BCUT2D eigenvalue weighted by Crippen LogP contribution is 2.33. The lowest BCUT2D eigenvalue weighted by atomic mass is 10.6. The van der Waals surface area contributed by atoms with Crippen molar-refractivity contribution in [3.63, 3.8) is 0 Å². The third-order valence-corrected chi connectivity index (χ3v) is 3.46. The quantitative estimate of drug-likeness (QED) is 0.453. The first-order valence-electron chi connectivity index (χ1n) is 2.90. The van der Waals surface area contributed by atoms with Gasteiger partial charge in [-0.15, -0.1) is 23.5 Å². The molecule has 0 aromatic heterocycles. The highest BCUT2D eigenvalue weighted by atomic mass is 32.2. The Morgan fingerprint density at radius 1 is 1.50 bits per heavy atom. The summed E-state index contributed by atoms with van der Waals surface area (Å²) >= 11 is 3.15. The lowest BCUT2D eigenvalue weighted by Crippen LogP contribution is -1.94. The van der Waals surface area contributed by atoms with Gasteiger partial charge in [-0.25, -0.2) is 0 Å². The van der Waals surface area contributed by atoms with Gasteiger partial charge in [0, 0.05) is 0 Å². The molecule has 5 heteroatoms. The third-order valence-electron chi connectivity index (χ3n) is 0.988. The second kappa shape index (κ2) is 3.88. The molecule has 0 spiro atoms. The molecule has 0 N–H and O–H groups in total. The number of hydrogen-bond acceptors (Lipinski definition) is 4. The molecule has 1 fully saturated rings. The fourth-order valence-corrected chi connectivity index (χ4v) is 2.92. The highest BCUT2D eigenvalue weighted by molar-refractivity contribution is 8.22. The molecule has 0 aromatic carbocycles. The first-order valence-corrected chi connectivity index (χ1v) is 4.87. The van der Waals surface area contributed by atoms with Gasteiger partial charge in [-0.2, -0.15) is 0 Å². The van der Waals surface area contributed by atoms with Crippen molar-refractivity contribution in [2.75, 3.05) is 11.5 Å². The van der Waals surface area contributed by atoms with Gasteiger partial charge in [0.1, 0.15) is 4.24 Å². The number of nitrogens with zero attached hydrogens (tertiary/aromatic N) is 1. The maximum Gasteiger partial charge on any atom is 0.254 e. The molecule has 0 aromatic rings. The van der Waals surface area contributed by atoms with Crippen LogP contribution in [0.25, 0.3) is 0 Å². The van der Waals surface area contributed by atoms with E-state index in [1.807, 2.05) is 0 Å². The van der Waals surface area contributed by atoms with E-state index in [4.69, 9.17) is 0 Å². The third kappa shape index (κ3) is 2.62. The topological polar surface area (TPSA) is 43.1 Å². The van der Waals surface area contributed by atoms with E-state index in [9.17, 15) is 10.1 Å². The van der Waals surface area contributed by atoms with E-state index in [1.165, 1.54) is 0 Å². The second-order valence-corrected chi connectivity index (χ2v) is 4.32. The standard InChI is InChI=1S/C5H7NO2S2/c7-6(8)4-5-9-2-1-3-10-5/h4H,1-3H2. The summed E-state index contributed by atoms with van der Waals surface area (Å²) in [6, 6.07) is 0. The first-order chi connectivity index (χ1) is 4.79. The minimum atomic E-state index is -0.388. The lowest BCUT2D eigenvalue weighted by molar-refractivity contribution is -0.402. The van der Waals surface area contributed by atoms with Crippen LogP contribution in [0.15, 0.2) is 10.4 Å². The summed E-state index contributed by atoms with van der Waals surface area (Å²) in [5, 5.41) is 9.97. The Balaban J connectivity index is 2.45. The van der Waals surface area contributed by atoms with Crippen LogP contribution in [0.5, 0.6) is 0 Å². The fourth-order valence-electron chi connectivity index (χ4n) is 0.607. The molecule has 56 valence electrons. The average molecular weight is 177 g/mol. The largest absolute Gasteiger partial charge is 0.259 e. The van der Waals surface area contributed by atoms with Crippen molar-refractivity contribution in [1.29, 1.82) is 0 Å². The molecule has 1 saturated heterocycles. The summed E-state index contributed by atoms with van der Waals surface area (Å²) in [4.78, 5) is 9.58. The van der Waals surface area contributed by atoms with Crippen molar-refractivity contribution < 1.29 is 4.92 Å². The van der Waals surface area contributed by atoms with E-state index >= 15 is 0 Å². The Labute approximate surface area is 67.4 Å². The van der Waals surface area contributed by atoms with Gasteiger partial charge in [0.2, 0.25) is 0 Å². The van der Waals surface area contributed by atoms with Crippen LogP contribution >= 0.6 is 23.5 Å². The second-order valence-electron chi connectivity index (χ2n) is 1.78. The van der Waals surface area contributed by atoms with E-state index in [2.05, 4.69) is 0 Å². The Hall–Kier alpha value is -0.160. The van der Waals surface area contributed by atoms with E-state index in [1.54, 1.807) is 23.5 Å². The smallest absolute Gasteiger partial charge is 0.254 e. The number of nitro groups is 1. The molecule has 1 aliphatic heterocycles. The Kier molecular flexibility index (Phi) is 3.08. The average Bonchev–Trinajstić information content (AvgIpc) is 1.88. The van der Waals surface area contributed by atoms with Gasteiger partial charge in [-0.1, -0.05) is 0 Å². The predicted molar refractivity (Wildman–Crippen MR) is 44.6 cm³/mol. The van der Waals surface area contributed by atoms with Crippen LogP contribution in [-0.4, -0.2) is 16.4 Å². The molecule has 1 heterocycles. The molecule has 0 atom stereocenters. The van der Waals surface area contributed by atoms with Gasteiger partial charge < -0.3 is 0 Å². The molecule has 0 aliphatic carbocycles. The van der Waals surface area contributed by atoms with E-state index < -0.39 is 0 Å². The van der Waals surface area contributed by atoms with Crippen molar-refractivity contribution in [2.24, 2.45) is 0 Å². The van der Waals surface area contributed by atoms with E-state index in [0.717, 1.165) is 28.4 Å². The summed E-state index contributed by atoms with van der Waals surface area (Å²) < 4.78 is 0.844. The summed E-state index contributed by atoms with van der Waals surface area (Å²) in [5.41, 5.74) is 0. The van der Waals surface area contributed by atoms with Crippen LogP contribution in [0.2, 0.25) is 0 Å². The van der Waals surface area contributed by atoms with Crippen molar-refractivity contribution >= 4 is 23.5 Å². The predicted octanol–water partition coefficient (Wildman–Crippen LogP) is 1.93. The number of rotatable bonds is 1. The molecular weight excluding hydrogens is 170 g/mol. The summed E-state index contributed by atoms with van der Waals surface area (Å²) in [6.45, 7) is 0. The number of hydrogen-bond donors (Lipinski definition) is 0. The zero-order valence-corrected chi connectivity index (χ0v) is 6.91. The van der Waals surface area contributed by atoms with Gasteiger partial charge in [0.25, 0.3) is 6.20 Å². The van der Waals surface area contributed by atoms with Crippen LogP contribution in [-0.2, 0) is 0 Å². The first kappa shape index (κ1) is 7.94. The lowest BCUT2D eigenvalue weighted by Gasteiger charge is -2.08. The van der Waals surface area contributed by atoms with Crippen molar-refractivity contribution in [3.8, 4) is 0 Å². The molecule has 10 heavy (non-hydrogen) atoms. The van der Waals surface area contributed by atoms with Gasteiger partial charge in [0.05, 0.1) is 4.92 Å². The number of thioether (sulfide) groups is 2.